The molecule has 8 nitrogen and oxygen atoms in total. The molecule has 0 aromatic heterocycles. The van der Waals surface area contributed by atoms with Gasteiger partial charge in [0.1, 0.15) is 6.61 Å². The van der Waals surface area contributed by atoms with Gasteiger partial charge in [0, 0.05) is 12.8 Å². The summed E-state index contributed by atoms with van der Waals surface area (Å²) in [5, 5.41) is 0. The third kappa shape index (κ3) is 47.0. The molecule has 0 aromatic rings. The van der Waals surface area contributed by atoms with Gasteiger partial charge in [-0.15, -0.1) is 0 Å². The molecule has 340 valence electrons. The minimum absolute atomic E-state index is 0.204. The Morgan fingerprint density at radius 1 is 0.448 bits per heavy atom. The SMILES string of the molecule is CCCCC/C=C\C/C=C\CCCCCCCCCC(=O)OC(COC(=O)CCCCCCCCCCCCC/C=C\CCCCCCCCCC)COP(=O)(O)O. The first-order chi connectivity index (χ1) is 28.3. The van der Waals surface area contributed by atoms with E-state index in [1.54, 1.807) is 0 Å². The summed E-state index contributed by atoms with van der Waals surface area (Å²) < 4.78 is 26.5. The maximum Gasteiger partial charge on any atom is 0.469 e. The maximum atomic E-state index is 12.4. The van der Waals surface area contributed by atoms with Gasteiger partial charge in [-0.25, -0.2) is 4.57 Å². The number of unbranched alkanes of at least 4 members (excludes halogenated alkanes) is 29. The second-order valence-electron chi connectivity index (χ2n) is 16.4. The fourth-order valence-electron chi connectivity index (χ4n) is 6.99. The Bertz CT molecular complexity index is 1040. The van der Waals surface area contributed by atoms with Crippen molar-refractivity contribution >= 4 is 19.8 Å². The number of esters is 2. The zero-order chi connectivity index (χ0) is 42.5. The summed E-state index contributed by atoms with van der Waals surface area (Å²) >= 11 is 0. The lowest BCUT2D eigenvalue weighted by Crippen LogP contribution is -2.29. The minimum Gasteiger partial charge on any atom is -0.462 e. The van der Waals surface area contributed by atoms with Crippen LogP contribution in [-0.2, 0) is 28.2 Å². The number of ether oxygens (including phenoxy) is 2. The van der Waals surface area contributed by atoms with Gasteiger partial charge in [0.05, 0.1) is 6.61 Å². The summed E-state index contributed by atoms with van der Waals surface area (Å²) in [6, 6.07) is 0. The molecule has 0 saturated heterocycles. The van der Waals surface area contributed by atoms with Crippen LogP contribution in [0.3, 0.4) is 0 Å². The first kappa shape index (κ1) is 56.3. The topological polar surface area (TPSA) is 119 Å². The van der Waals surface area contributed by atoms with Gasteiger partial charge in [0.2, 0.25) is 0 Å². The van der Waals surface area contributed by atoms with Gasteiger partial charge >= 0.3 is 19.8 Å². The van der Waals surface area contributed by atoms with E-state index in [-0.39, 0.29) is 19.4 Å². The fraction of sp³-hybridized carbons (Fsp3) is 0.837. The quantitative estimate of drug-likeness (QED) is 0.0269. The van der Waals surface area contributed by atoms with E-state index in [9.17, 15) is 14.2 Å². The first-order valence-corrected chi connectivity index (χ1v) is 25.8. The molecule has 0 heterocycles. The lowest BCUT2D eigenvalue weighted by molar-refractivity contribution is -0.161. The second kappa shape index (κ2) is 44.8. The normalized spacial score (nSPS) is 12.7. The summed E-state index contributed by atoms with van der Waals surface area (Å²) in [5.41, 5.74) is 0. The third-order valence-corrected chi connectivity index (χ3v) is 11.1. The molecule has 1 unspecified atom stereocenters. The molecule has 0 aliphatic carbocycles. The van der Waals surface area contributed by atoms with Crippen molar-refractivity contribution < 1.29 is 37.9 Å². The summed E-state index contributed by atoms with van der Waals surface area (Å²) in [6.45, 7) is 3.68. The maximum absolute atomic E-state index is 12.4. The van der Waals surface area contributed by atoms with Crippen LogP contribution in [-0.4, -0.2) is 41.0 Å². The van der Waals surface area contributed by atoms with Crippen molar-refractivity contribution in [2.75, 3.05) is 13.2 Å². The van der Waals surface area contributed by atoms with E-state index in [0.29, 0.717) is 6.42 Å². The van der Waals surface area contributed by atoms with Crippen LogP contribution in [0.15, 0.2) is 36.5 Å². The third-order valence-electron chi connectivity index (χ3n) is 10.6. The summed E-state index contributed by atoms with van der Waals surface area (Å²) in [6.07, 6.45) is 54.4. The van der Waals surface area contributed by atoms with E-state index in [4.69, 9.17) is 19.3 Å². The van der Waals surface area contributed by atoms with Crippen LogP contribution >= 0.6 is 7.82 Å². The Balaban J connectivity index is 3.82. The molecule has 0 bridgehead atoms. The van der Waals surface area contributed by atoms with Crippen molar-refractivity contribution in [3.63, 3.8) is 0 Å². The predicted octanol–water partition coefficient (Wildman–Crippen LogP) is 15.3. The van der Waals surface area contributed by atoms with Gasteiger partial charge in [0.15, 0.2) is 6.10 Å². The molecule has 0 saturated carbocycles. The average Bonchev–Trinajstić information content (AvgIpc) is 3.20. The van der Waals surface area contributed by atoms with E-state index in [2.05, 4.69) is 54.8 Å². The number of hydrogen-bond donors (Lipinski definition) is 2. The molecule has 2 N–H and O–H groups in total. The smallest absolute Gasteiger partial charge is 0.462 e. The highest BCUT2D eigenvalue weighted by Gasteiger charge is 2.23. The summed E-state index contributed by atoms with van der Waals surface area (Å²) in [5.74, 6) is -0.886. The molecule has 0 rings (SSSR count). The van der Waals surface area contributed by atoms with Crippen molar-refractivity contribution in [1.82, 2.24) is 0 Å². The highest BCUT2D eigenvalue weighted by atomic mass is 31.2. The lowest BCUT2D eigenvalue weighted by Gasteiger charge is -2.18. The molecule has 0 aliphatic heterocycles. The number of carbonyl (C=O) groups excluding carboxylic acids is 2. The van der Waals surface area contributed by atoms with Crippen molar-refractivity contribution in [2.45, 2.75) is 251 Å². The summed E-state index contributed by atoms with van der Waals surface area (Å²) in [4.78, 5) is 43.0. The second-order valence-corrected chi connectivity index (χ2v) is 17.7. The van der Waals surface area contributed by atoms with Gasteiger partial charge in [-0.3, -0.25) is 14.1 Å². The van der Waals surface area contributed by atoms with E-state index in [1.165, 1.54) is 161 Å². The lowest BCUT2D eigenvalue weighted by atomic mass is 10.0. The van der Waals surface area contributed by atoms with Crippen molar-refractivity contribution in [1.29, 1.82) is 0 Å². The van der Waals surface area contributed by atoms with Gasteiger partial charge in [0.25, 0.3) is 0 Å². The molecule has 0 radical (unpaired) electrons. The molecular formula is C49H91O8P. The molecule has 0 fully saturated rings. The summed E-state index contributed by atoms with van der Waals surface area (Å²) in [7, 11) is -4.76. The number of phosphoric acid groups is 1. The molecule has 1 atom stereocenters. The molecule has 0 aromatic carbocycles. The molecule has 0 aliphatic rings. The highest BCUT2D eigenvalue weighted by Crippen LogP contribution is 2.36. The van der Waals surface area contributed by atoms with Gasteiger partial charge < -0.3 is 19.3 Å². The van der Waals surface area contributed by atoms with E-state index in [1.807, 2.05) is 0 Å². The van der Waals surface area contributed by atoms with Gasteiger partial charge in [-0.2, -0.15) is 0 Å². The zero-order valence-electron chi connectivity index (χ0n) is 37.7. The Labute approximate surface area is 357 Å². The molecule has 58 heavy (non-hydrogen) atoms. The van der Waals surface area contributed by atoms with Gasteiger partial charge in [-0.05, 0) is 70.6 Å². The zero-order valence-corrected chi connectivity index (χ0v) is 38.6. The predicted molar refractivity (Wildman–Crippen MR) is 244 cm³/mol. The molecular weight excluding hydrogens is 748 g/mol. The Hall–Kier alpha value is -1.73. The van der Waals surface area contributed by atoms with Crippen LogP contribution in [0.5, 0.6) is 0 Å². The van der Waals surface area contributed by atoms with Crippen LogP contribution in [0.1, 0.15) is 245 Å². The minimum atomic E-state index is -4.76. The highest BCUT2D eigenvalue weighted by molar-refractivity contribution is 7.46. The van der Waals surface area contributed by atoms with Crippen LogP contribution < -0.4 is 0 Å². The molecule has 0 amide bonds. The number of hydrogen-bond acceptors (Lipinski definition) is 6. The van der Waals surface area contributed by atoms with Crippen LogP contribution in [0.2, 0.25) is 0 Å². The number of carbonyl (C=O) groups is 2. The van der Waals surface area contributed by atoms with Crippen molar-refractivity contribution in [2.24, 2.45) is 0 Å². The Morgan fingerprint density at radius 2 is 0.776 bits per heavy atom. The Morgan fingerprint density at radius 3 is 1.19 bits per heavy atom. The number of rotatable bonds is 45. The average molecular weight is 839 g/mol. The monoisotopic (exact) mass is 839 g/mol. The first-order valence-electron chi connectivity index (χ1n) is 24.3. The van der Waals surface area contributed by atoms with Gasteiger partial charge in [-0.1, -0.05) is 198 Å². The largest absolute Gasteiger partial charge is 0.469 e. The van der Waals surface area contributed by atoms with Crippen molar-refractivity contribution in [3.8, 4) is 0 Å². The van der Waals surface area contributed by atoms with Crippen molar-refractivity contribution in [3.05, 3.63) is 36.5 Å². The van der Waals surface area contributed by atoms with E-state index in [0.717, 1.165) is 51.4 Å². The number of phosphoric ester groups is 1. The van der Waals surface area contributed by atoms with Crippen LogP contribution in [0.4, 0.5) is 0 Å². The fourth-order valence-corrected chi connectivity index (χ4v) is 7.35. The van der Waals surface area contributed by atoms with Crippen LogP contribution in [0.25, 0.3) is 0 Å². The molecule has 9 heteroatoms. The van der Waals surface area contributed by atoms with E-state index < -0.39 is 32.5 Å². The molecule has 0 spiro atoms. The van der Waals surface area contributed by atoms with E-state index >= 15 is 0 Å². The van der Waals surface area contributed by atoms with Crippen LogP contribution in [0, 0.1) is 0 Å². The standard InChI is InChI=1S/C49H91O8P/c1-3-5-7-9-11-13-15-17-19-21-22-23-24-25-26-28-29-31-33-35-37-39-41-43-48(50)55-45-47(46-56-58(52,53)54)57-49(51)44-42-40-38-36-34-32-30-27-20-18-16-14-12-10-8-6-4-2/h12,14,18,20-22,47H,3-11,13,15-17,19,23-46H2,1-2H3,(H2,52,53,54)/b14-12-,20-18-,22-21-. The Kier molecular flexibility index (Phi) is 43.5. The number of allylic oxidation sites excluding steroid dienone is 6.